The van der Waals surface area contributed by atoms with E-state index in [-0.39, 0.29) is 16.5 Å². The van der Waals surface area contributed by atoms with E-state index in [0.29, 0.717) is 5.71 Å². The molecule has 0 heterocycles. The first kappa shape index (κ1) is 60.4. The minimum atomic E-state index is 0. The molecule has 0 unspecified atom stereocenters. The molecule has 0 saturated carbocycles. The van der Waals surface area contributed by atoms with Gasteiger partial charge in [0.15, 0.2) is 0 Å². The molecular weight excluding hydrogens is 831 g/mol. The first-order valence-corrected chi connectivity index (χ1v) is 28.0. The molecule has 0 amide bonds. The van der Waals surface area contributed by atoms with E-state index in [4.69, 9.17) is 9.98 Å². The van der Waals surface area contributed by atoms with Crippen LogP contribution < -0.4 is 0 Å². The third-order valence-corrected chi connectivity index (χ3v) is 12.9. The predicted octanol–water partition coefficient (Wildman–Crippen LogP) is 20.5. The molecule has 0 N–H and O–H groups in total. The Labute approximate surface area is 415 Å². The SMILES string of the molecule is CCCCCCCC#CC(=Nc1cccc(CCCCCCCCC)c1)C(C#CCCCCCCCCCCCCCCCCCCC)=Nc1cccc(CCCCCCCCC)c1.[Ni]. The van der Waals surface area contributed by atoms with Crippen LogP contribution in [0.25, 0.3) is 0 Å². The maximum atomic E-state index is 5.27. The Hall–Kier alpha value is -2.61. The van der Waals surface area contributed by atoms with Crippen LogP contribution in [0.15, 0.2) is 58.5 Å². The van der Waals surface area contributed by atoms with Crippen molar-refractivity contribution in [3.8, 4) is 23.7 Å². The molecule has 2 rings (SSSR count). The summed E-state index contributed by atoms with van der Waals surface area (Å²) in [5.74, 6) is 14.2. The van der Waals surface area contributed by atoms with Crippen LogP contribution in [0.5, 0.6) is 0 Å². The number of unbranched alkanes of at least 4 members (excludes halogenated alkanes) is 34. The summed E-state index contributed by atoms with van der Waals surface area (Å²) in [6, 6.07) is 17.7. The summed E-state index contributed by atoms with van der Waals surface area (Å²) in [5.41, 5.74) is 6.08. The van der Waals surface area contributed by atoms with Gasteiger partial charge < -0.3 is 0 Å². The number of rotatable bonds is 41. The van der Waals surface area contributed by atoms with E-state index in [2.05, 4.69) is 99.9 Å². The molecule has 0 aliphatic carbocycles. The van der Waals surface area contributed by atoms with Crippen molar-refractivity contribution in [1.29, 1.82) is 0 Å². The molecule has 0 radical (unpaired) electrons. The second-order valence-corrected chi connectivity index (χ2v) is 19.2. The second kappa shape index (κ2) is 46.5. The fourth-order valence-electron chi connectivity index (χ4n) is 8.72. The molecule has 0 bridgehead atoms. The summed E-state index contributed by atoms with van der Waals surface area (Å²) in [6.45, 7) is 9.17. The number of benzene rings is 2. The van der Waals surface area contributed by atoms with E-state index < -0.39 is 0 Å². The third-order valence-electron chi connectivity index (χ3n) is 12.9. The molecule has 2 aromatic rings. The van der Waals surface area contributed by atoms with E-state index in [1.54, 1.807) is 0 Å². The van der Waals surface area contributed by atoms with Gasteiger partial charge in [-0.3, -0.25) is 0 Å². The van der Waals surface area contributed by atoms with E-state index in [9.17, 15) is 0 Å². The van der Waals surface area contributed by atoms with E-state index >= 15 is 0 Å². The molecule has 2 aromatic carbocycles. The topological polar surface area (TPSA) is 24.7 Å². The Balaban J connectivity index is 0.0000211. The number of hydrogen-bond donors (Lipinski definition) is 0. The number of aliphatic imine (C=N–C) groups is 2. The van der Waals surface area contributed by atoms with Crippen molar-refractivity contribution in [2.45, 2.75) is 285 Å². The maximum Gasteiger partial charge on any atom is 0.148 e. The Kier molecular flexibility index (Phi) is 43.2. The van der Waals surface area contributed by atoms with Gasteiger partial charge in [0.2, 0.25) is 0 Å². The number of nitrogens with zero attached hydrogens (tertiary/aromatic N) is 2. The third kappa shape index (κ3) is 36.2. The van der Waals surface area contributed by atoms with Crippen LogP contribution in [-0.2, 0) is 29.3 Å². The molecule has 0 fully saturated rings. The van der Waals surface area contributed by atoms with Gasteiger partial charge in [0, 0.05) is 29.3 Å². The number of aryl methyl sites for hydroxylation is 2. The zero-order valence-electron chi connectivity index (χ0n) is 43.1. The largest absolute Gasteiger partial charge is 0.237 e. The maximum absolute atomic E-state index is 5.27. The Morgan fingerprint density at radius 1 is 0.338 bits per heavy atom. The molecular formula is C62H100N2Ni. The summed E-state index contributed by atoms with van der Waals surface area (Å²) in [7, 11) is 0. The summed E-state index contributed by atoms with van der Waals surface area (Å²) in [4.78, 5) is 10.5. The molecule has 0 aliphatic heterocycles. The molecule has 0 atom stereocenters. The van der Waals surface area contributed by atoms with Gasteiger partial charge in [0.05, 0.1) is 11.4 Å². The van der Waals surface area contributed by atoms with Crippen molar-refractivity contribution in [2.75, 3.05) is 0 Å². The quantitative estimate of drug-likeness (QED) is 0.0275. The van der Waals surface area contributed by atoms with Crippen molar-refractivity contribution >= 4 is 22.8 Å². The molecule has 0 aliphatic rings. The van der Waals surface area contributed by atoms with Gasteiger partial charge in [-0.15, -0.1) is 0 Å². The predicted molar refractivity (Wildman–Crippen MR) is 288 cm³/mol. The fraction of sp³-hybridized carbons (Fsp3) is 0.710. The summed E-state index contributed by atoms with van der Waals surface area (Å²) >= 11 is 0. The van der Waals surface area contributed by atoms with Crippen molar-refractivity contribution in [3.63, 3.8) is 0 Å². The van der Waals surface area contributed by atoms with Gasteiger partial charge in [-0.25, -0.2) is 9.98 Å². The minimum absolute atomic E-state index is 0. The molecule has 0 aromatic heterocycles. The first-order chi connectivity index (χ1) is 31.7. The van der Waals surface area contributed by atoms with Crippen LogP contribution >= 0.6 is 0 Å². The Bertz CT molecular complexity index is 1560. The zero-order chi connectivity index (χ0) is 45.6. The standard InChI is InChI=1S/C62H100N2.Ni/c1-5-9-13-17-21-22-23-24-25-26-27-28-29-30-31-32-36-40-44-54-62(64-60-52-46-50-58(56-60)48-42-38-34-19-15-11-7-3)61(53-43-39-35-20-16-12-8-4)63-59-51-45-49-57(55-59)47-41-37-33-18-14-10-6-2;/h45-46,49-52,55-56H,5-42,47-48H2,1-4H3;. The summed E-state index contributed by atoms with van der Waals surface area (Å²) in [6.07, 6.45) is 52.4. The van der Waals surface area contributed by atoms with Crippen LogP contribution in [0, 0.1) is 23.7 Å². The van der Waals surface area contributed by atoms with Crippen molar-refractivity contribution in [2.24, 2.45) is 9.98 Å². The van der Waals surface area contributed by atoms with Crippen molar-refractivity contribution < 1.29 is 16.5 Å². The van der Waals surface area contributed by atoms with E-state index in [1.165, 1.54) is 229 Å². The average Bonchev–Trinajstić information content (AvgIpc) is 3.31. The summed E-state index contributed by atoms with van der Waals surface area (Å²) in [5, 5.41) is 0. The van der Waals surface area contributed by atoms with E-state index in [1.807, 2.05) is 0 Å². The van der Waals surface area contributed by atoms with Crippen LogP contribution in [0.1, 0.15) is 283 Å². The molecule has 65 heavy (non-hydrogen) atoms. The van der Waals surface area contributed by atoms with Gasteiger partial charge in [-0.2, -0.15) is 0 Å². The van der Waals surface area contributed by atoms with Crippen LogP contribution in [0.4, 0.5) is 11.4 Å². The van der Waals surface area contributed by atoms with Gasteiger partial charge in [0.1, 0.15) is 11.4 Å². The van der Waals surface area contributed by atoms with Gasteiger partial charge in [-0.1, -0.05) is 269 Å². The first-order valence-electron chi connectivity index (χ1n) is 28.0. The van der Waals surface area contributed by atoms with Crippen molar-refractivity contribution in [3.05, 3.63) is 59.7 Å². The molecule has 2 nitrogen and oxygen atoms in total. The van der Waals surface area contributed by atoms with E-state index in [0.717, 1.165) is 55.6 Å². The van der Waals surface area contributed by atoms with Crippen LogP contribution in [-0.4, -0.2) is 11.4 Å². The normalized spacial score (nSPS) is 11.5. The average molecular weight is 932 g/mol. The van der Waals surface area contributed by atoms with Crippen molar-refractivity contribution in [1.82, 2.24) is 0 Å². The Morgan fingerprint density at radius 2 is 0.600 bits per heavy atom. The zero-order valence-corrected chi connectivity index (χ0v) is 44.1. The van der Waals surface area contributed by atoms with Crippen LogP contribution in [0.2, 0.25) is 0 Å². The summed E-state index contributed by atoms with van der Waals surface area (Å²) < 4.78 is 0. The fourth-order valence-corrected chi connectivity index (χ4v) is 8.72. The Morgan fingerprint density at radius 3 is 0.892 bits per heavy atom. The van der Waals surface area contributed by atoms with Gasteiger partial charge in [-0.05, 0) is 85.8 Å². The monoisotopic (exact) mass is 931 g/mol. The minimum Gasteiger partial charge on any atom is -0.237 e. The number of hydrogen-bond acceptors (Lipinski definition) is 2. The molecule has 3 heteroatoms. The van der Waals surface area contributed by atoms with Crippen LogP contribution in [0.3, 0.4) is 0 Å². The molecule has 0 saturated heterocycles. The second-order valence-electron chi connectivity index (χ2n) is 19.2. The smallest absolute Gasteiger partial charge is 0.148 e. The van der Waals surface area contributed by atoms with Gasteiger partial charge >= 0.3 is 0 Å². The van der Waals surface area contributed by atoms with Gasteiger partial charge in [0.25, 0.3) is 0 Å². The molecule has 0 spiro atoms. The molecule has 368 valence electrons.